The molecule has 2 atom stereocenters. The number of rotatable bonds is 10. The van der Waals surface area contributed by atoms with Crippen molar-refractivity contribution in [2.45, 2.75) is 45.1 Å². The van der Waals surface area contributed by atoms with E-state index in [1.807, 2.05) is 53.4 Å². The maximum atomic E-state index is 13.9. The van der Waals surface area contributed by atoms with E-state index in [2.05, 4.69) is 34.2 Å². The van der Waals surface area contributed by atoms with Gasteiger partial charge in [-0.15, -0.1) is 21.5 Å². The Bertz CT molecular complexity index is 1410. The van der Waals surface area contributed by atoms with Gasteiger partial charge < -0.3 is 19.0 Å². The Morgan fingerprint density at radius 3 is 2.79 bits per heavy atom. The molecule has 0 unspecified atom stereocenters. The predicted octanol–water partition coefficient (Wildman–Crippen LogP) is 5.30. The number of nitrogens with zero attached hydrogens (tertiary/aromatic N) is 6. The number of likely N-dealkylation sites (N-methyl/N-ethyl adjacent to an activating group) is 1. The number of anilines is 1. The molecule has 39 heavy (non-hydrogen) atoms. The summed E-state index contributed by atoms with van der Waals surface area (Å²) in [6.07, 6.45) is 2.63. The van der Waals surface area contributed by atoms with Crippen LogP contribution in [0, 0.1) is 6.92 Å². The molecule has 1 amide bonds. The highest BCUT2D eigenvalue weighted by atomic mass is 32.1. The Labute approximate surface area is 232 Å². The highest BCUT2D eigenvalue weighted by Gasteiger charge is 2.33. The molecule has 3 aromatic heterocycles. The quantitative estimate of drug-likeness (QED) is 0.264. The van der Waals surface area contributed by atoms with Gasteiger partial charge >= 0.3 is 0 Å². The predicted molar refractivity (Wildman–Crippen MR) is 151 cm³/mol. The highest BCUT2D eigenvalue weighted by Crippen LogP contribution is 2.35. The lowest BCUT2D eigenvalue weighted by atomic mass is 10.0. The molecular formula is C29H34N6O3S. The van der Waals surface area contributed by atoms with Crippen LogP contribution in [-0.2, 0) is 11.2 Å². The van der Waals surface area contributed by atoms with Crippen LogP contribution in [0.5, 0.6) is 0 Å². The summed E-state index contributed by atoms with van der Waals surface area (Å²) in [6.45, 7) is 5.89. The molecule has 204 valence electrons. The van der Waals surface area contributed by atoms with Gasteiger partial charge in [-0.1, -0.05) is 37.3 Å². The lowest BCUT2D eigenvalue weighted by Gasteiger charge is -2.24. The second-order valence-corrected chi connectivity index (χ2v) is 10.9. The van der Waals surface area contributed by atoms with Gasteiger partial charge in [0.05, 0.1) is 12.6 Å². The number of ether oxygens (including phenoxy) is 1. The van der Waals surface area contributed by atoms with Gasteiger partial charge in [0.1, 0.15) is 16.5 Å². The third kappa shape index (κ3) is 6.17. The van der Waals surface area contributed by atoms with E-state index in [9.17, 15) is 4.79 Å². The van der Waals surface area contributed by atoms with Crippen LogP contribution >= 0.6 is 11.3 Å². The fraction of sp³-hybridized carbons (Fsp3) is 0.414. The Morgan fingerprint density at radius 2 is 2.05 bits per heavy atom. The van der Waals surface area contributed by atoms with Crippen molar-refractivity contribution in [3.8, 4) is 11.6 Å². The van der Waals surface area contributed by atoms with Crippen molar-refractivity contribution in [3.63, 3.8) is 0 Å². The molecule has 1 fully saturated rings. The molecule has 1 aromatic carbocycles. The number of aryl methyl sites for hydroxylation is 1. The van der Waals surface area contributed by atoms with Crippen LogP contribution in [0.1, 0.15) is 64.2 Å². The van der Waals surface area contributed by atoms with Crippen molar-refractivity contribution >= 4 is 23.1 Å². The molecule has 0 radical (unpaired) electrons. The zero-order valence-corrected chi connectivity index (χ0v) is 23.6. The number of aromatic nitrogens is 4. The molecule has 1 aliphatic heterocycles. The maximum Gasteiger partial charge on any atom is 0.266 e. The van der Waals surface area contributed by atoms with Crippen LogP contribution in [0.25, 0.3) is 11.6 Å². The van der Waals surface area contributed by atoms with E-state index in [1.54, 1.807) is 24.5 Å². The molecule has 5 rings (SSSR count). The Kier molecular flexibility index (Phi) is 8.33. The van der Waals surface area contributed by atoms with Crippen molar-refractivity contribution in [2.75, 3.05) is 38.8 Å². The van der Waals surface area contributed by atoms with E-state index in [0.29, 0.717) is 48.6 Å². The molecule has 4 heterocycles. The number of hydrogen-bond acceptors (Lipinski definition) is 9. The molecule has 10 heteroatoms. The van der Waals surface area contributed by atoms with E-state index in [0.717, 1.165) is 30.0 Å². The minimum Gasteiger partial charge on any atom is -0.419 e. The third-order valence-electron chi connectivity index (χ3n) is 6.98. The summed E-state index contributed by atoms with van der Waals surface area (Å²) in [7, 11) is 3.59. The van der Waals surface area contributed by atoms with Gasteiger partial charge in [-0.3, -0.25) is 4.79 Å². The fourth-order valence-electron chi connectivity index (χ4n) is 4.84. The second kappa shape index (κ2) is 12.0. The van der Waals surface area contributed by atoms with Crippen molar-refractivity contribution in [2.24, 2.45) is 0 Å². The number of methoxy groups -OCH3 is 1. The van der Waals surface area contributed by atoms with E-state index in [4.69, 9.17) is 14.1 Å². The molecular weight excluding hydrogens is 512 g/mol. The molecule has 9 nitrogen and oxygen atoms in total. The summed E-state index contributed by atoms with van der Waals surface area (Å²) < 4.78 is 11.4. The number of carbonyl (C=O) groups is 1. The lowest BCUT2D eigenvalue weighted by molar-refractivity contribution is 0.0735. The van der Waals surface area contributed by atoms with Crippen molar-refractivity contribution in [1.82, 2.24) is 25.1 Å². The first-order valence-electron chi connectivity index (χ1n) is 13.3. The number of amides is 1. The monoisotopic (exact) mass is 546 g/mol. The third-order valence-corrected chi connectivity index (χ3v) is 8.05. The van der Waals surface area contributed by atoms with Crippen LogP contribution in [0.4, 0.5) is 5.82 Å². The zero-order chi connectivity index (χ0) is 27.4. The molecule has 0 aliphatic carbocycles. The Hall–Kier alpha value is -3.63. The average Bonchev–Trinajstić information content (AvgIpc) is 3.72. The second-order valence-electron chi connectivity index (χ2n) is 10.0. The highest BCUT2D eigenvalue weighted by molar-refractivity contribution is 7.09. The van der Waals surface area contributed by atoms with Gasteiger partial charge in [0, 0.05) is 49.8 Å². The van der Waals surface area contributed by atoms with E-state index in [-0.39, 0.29) is 17.9 Å². The zero-order valence-electron chi connectivity index (χ0n) is 22.8. The van der Waals surface area contributed by atoms with Crippen LogP contribution in [0.15, 0.2) is 52.3 Å². The van der Waals surface area contributed by atoms with E-state index in [1.165, 1.54) is 5.56 Å². The molecule has 0 spiro atoms. The fourth-order valence-corrected chi connectivity index (χ4v) is 5.78. The standard InChI is InChI=1S/C29H34N6O3S/c1-19(15-21-9-6-5-7-10-21)26-32-33-27(38-26)23-16-22(17-25(31-23)34(3)13-14-37-4)29(36)35-12-8-11-24(35)28-30-20(2)18-39-28/h5-7,9-10,16-19,24H,8,11-15H2,1-4H3/t19-,24+/m0/s1. The Balaban J connectivity index is 1.45. The summed E-state index contributed by atoms with van der Waals surface area (Å²) in [5, 5.41) is 11.7. The minimum atomic E-state index is -0.0485. The van der Waals surface area contributed by atoms with Crippen LogP contribution in [-0.4, -0.2) is 64.8 Å². The van der Waals surface area contributed by atoms with Crippen molar-refractivity contribution in [3.05, 3.63) is 75.6 Å². The summed E-state index contributed by atoms with van der Waals surface area (Å²) in [6, 6.07) is 13.8. The summed E-state index contributed by atoms with van der Waals surface area (Å²) >= 11 is 1.61. The molecule has 1 saturated heterocycles. The van der Waals surface area contributed by atoms with E-state index < -0.39 is 0 Å². The topological polar surface area (TPSA) is 97.5 Å². The van der Waals surface area contributed by atoms with Crippen LogP contribution < -0.4 is 4.90 Å². The molecule has 1 aliphatic rings. The van der Waals surface area contributed by atoms with Crippen LogP contribution in [0.3, 0.4) is 0 Å². The van der Waals surface area contributed by atoms with Gasteiger partial charge in [0.2, 0.25) is 5.89 Å². The first-order chi connectivity index (χ1) is 18.9. The van der Waals surface area contributed by atoms with Crippen molar-refractivity contribution < 1.29 is 13.9 Å². The molecule has 4 aromatic rings. The van der Waals surface area contributed by atoms with Gasteiger partial charge in [-0.25, -0.2) is 9.97 Å². The average molecular weight is 547 g/mol. The number of likely N-dealkylation sites (tertiary alicyclic amines) is 1. The number of pyridine rings is 1. The van der Waals surface area contributed by atoms with Crippen LogP contribution in [0.2, 0.25) is 0 Å². The maximum absolute atomic E-state index is 13.9. The molecule has 0 saturated carbocycles. The van der Waals surface area contributed by atoms with Gasteiger partial charge in [0.25, 0.3) is 11.8 Å². The molecule has 0 N–H and O–H groups in total. The number of benzene rings is 1. The van der Waals surface area contributed by atoms with E-state index >= 15 is 0 Å². The first-order valence-corrected chi connectivity index (χ1v) is 14.1. The lowest BCUT2D eigenvalue weighted by Crippen LogP contribution is -2.31. The number of thiazole rings is 1. The van der Waals surface area contributed by atoms with Gasteiger partial charge in [-0.05, 0) is 43.9 Å². The minimum absolute atomic E-state index is 0.0173. The summed E-state index contributed by atoms with van der Waals surface area (Å²) in [4.78, 5) is 27.2. The number of hydrogen-bond donors (Lipinski definition) is 0. The first kappa shape index (κ1) is 27.0. The normalized spacial score (nSPS) is 16.0. The smallest absolute Gasteiger partial charge is 0.266 e. The van der Waals surface area contributed by atoms with Gasteiger partial charge in [0.15, 0.2) is 0 Å². The number of carbonyl (C=O) groups excluding carboxylic acids is 1. The SMILES string of the molecule is COCCN(C)c1cc(C(=O)N2CCC[C@@H]2c2nc(C)cs2)cc(-c2nnc([C@@H](C)Cc3ccccc3)o2)n1. The summed E-state index contributed by atoms with van der Waals surface area (Å²) in [5.74, 6) is 1.47. The largest absolute Gasteiger partial charge is 0.419 e. The Morgan fingerprint density at radius 1 is 1.23 bits per heavy atom. The van der Waals surface area contributed by atoms with Crippen molar-refractivity contribution in [1.29, 1.82) is 0 Å². The summed E-state index contributed by atoms with van der Waals surface area (Å²) in [5.41, 5.74) is 3.20. The van der Waals surface area contributed by atoms with Gasteiger partial charge in [-0.2, -0.15) is 0 Å². The molecule has 0 bridgehead atoms.